The van der Waals surface area contributed by atoms with Crippen LogP contribution >= 0.6 is 28.7 Å². The Hall–Kier alpha value is -1.92. The van der Waals surface area contributed by atoms with Crippen molar-refractivity contribution >= 4 is 40.3 Å². The summed E-state index contributed by atoms with van der Waals surface area (Å²) in [6.07, 6.45) is 18.1. The van der Waals surface area contributed by atoms with Crippen molar-refractivity contribution in [1.29, 1.82) is 0 Å². The molecule has 0 aromatic heterocycles. The first kappa shape index (κ1) is 32.3. The van der Waals surface area contributed by atoms with Gasteiger partial charge >= 0.3 is 0 Å². The van der Waals surface area contributed by atoms with Gasteiger partial charge in [-0.2, -0.15) is 0 Å². The molecule has 6 heteroatoms. The molecule has 0 aliphatic carbocycles. The minimum Gasteiger partial charge on any atom is -0.493 e. The number of hydrogen-bond acceptors (Lipinski definition) is 4. The molecule has 1 N–H and O–H groups in total. The fourth-order valence-electron chi connectivity index (χ4n) is 4.64. The molecule has 210 valence electrons. The molecule has 1 aliphatic heterocycles. The third-order valence-corrected chi connectivity index (χ3v) is 7.83. The zero-order chi connectivity index (χ0) is 26.1. The molecular weight excluding hydrogens is 556 g/mol. The van der Waals surface area contributed by atoms with E-state index in [4.69, 9.17) is 4.74 Å². The maximum absolute atomic E-state index is 13.0. The summed E-state index contributed by atoms with van der Waals surface area (Å²) in [7, 11) is 0. The molecule has 0 saturated carbocycles. The number of benzene rings is 2. The Kier molecular flexibility index (Phi) is 16.3. The fourth-order valence-corrected chi connectivity index (χ4v) is 5.40. The van der Waals surface area contributed by atoms with Crippen molar-refractivity contribution in [3.63, 3.8) is 0 Å². The van der Waals surface area contributed by atoms with E-state index in [-0.39, 0.29) is 22.9 Å². The van der Waals surface area contributed by atoms with Gasteiger partial charge in [-0.15, -0.1) is 28.7 Å². The van der Waals surface area contributed by atoms with Gasteiger partial charge in [0.25, 0.3) is 5.91 Å². The van der Waals surface area contributed by atoms with Gasteiger partial charge < -0.3 is 15.0 Å². The third-order valence-electron chi connectivity index (χ3n) is 6.81. The van der Waals surface area contributed by atoms with Gasteiger partial charge in [0.05, 0.1) is 18.0 Å². The van der Waals surface area contributed by atoms with Crippen molar-refractivity contribution in [3.8, 4) is 5.75 Å². The molecule has 38 heavy (non-hydrogen) atoms. The van der Waals surface area contributed by atoms with Crippen molar-refractivity contribution < 1.29 is 9.53 Å². The number of ether oxygens (including phenoxy) is 1. The first-order valence-electron chi connectivity index (χ1n) is 14.3. The standard InChI is InChI=1S/C32H46N2O2S.BrH/c1-3-4-5-6-7-8-9-10-11-12-13-16-23-36-31-18-15-14-17-30(31)32(35)33-29-21-19-28(20-22-29)25-34-24-27(2)37-26-34;/h14-15,17-22,24H,3-13,16,23,25-26H2,1-2H3,(H,33,35);1H. The van der Waals surface area contributed by atoms with Crippen LogP contribution in [0.5, 0.6) is 5.75 Å². The molecule has 1 heterocycles. The average Bonchev–Trinajstić information content (AvgIpc) is 3.32. The molecule has 0 radical (unpaired) electrons. The maximum atomic E-state index is 13.0. The van der Waals surface area contributed by atoms with Crippen LogP contribution in [0.15, 0.2) is 59.6 Å². The number of amides is 1. The van der Waals surface area contributed by atoms with Crippen LogP contribution in [0.4, 0.5) is 5.69 Å². The summed E-state index contributed by atoms with van der Waals surface area (Å²) < 4.78 is 6.02. The Balaban J connectivity index is 0.00000507. The largest absolute Gasteiger partial charge is 0.493 e. The van der Waals surface area contributed by atoms with Crippen LogP contribution < -0.4 is 10.1 Å². The number of rotatable bonds is 18. The van der Waals surface area contributed by atoms with E-state index in [1.54, 1.807) is 0 Å². The predicted octanol–water partition coefficient (Wildman–Crippen LogP) is 9.96. The molecule has 1 amide bonds. The van der Waals surface area contributed by atoms with E-state index >= 15 is 0 Å². The van der Waals surface area contributed by atoms with E-state index in [9.17, 15) is 4.79 Å². The Bertz CT molecular complexity index is 964. The lowest BCUT2D eigenvalue weighted by Crippen LogP contribution is -2.14. The molecule has 3 rings (SSSR count). The number of carbonyl (C=O) groups excluding carboxylic acids is 1. The highest BCUT2D eigenvalue weighted by Crippen LogP contribution is 2.26. The van der Waals surface area contributed by atoms with Crippen molar-refractivity contribution in [1.82, 2.24) is 4.90 Å². The molecule has 0 bridgehead atoms. The lowest BCUT2D eigenvalue weighted by Gasteiger charge is -2.15. The molecule has 0 atom stereocenters. The molecule has 2 aromatic carbocycles. The maximum Gasteiger partial charge on any atom is 0.259 e. The number of para-hydroxylation sites is 1. The molecule has 0 fully saturated rings. The minimum absolute atomic E-state index is 0. The second kappa shape index (κ2) is 19.2. The zero-order valence-corrected chi connectivity index (χ0v) is 25.9. The minimum atomic E-state index is -0.132. The van der Waals surface area contributed by atoms with Crippen LogP contribution in [0.3, 0.4) is 0 Å². The lowest BCUT2D eigenvalue weighted by atomic mass is 10.1. The van der Waals surface area contributed by atoms with Crippen LogP contribution in [-0.2, 0) is 6.54 Å². The number of hydrogen-bond donors (Lipinski definition) is 1. The van der Waals surface area contributed by atoms with Gasteiger partial charge in [-0.1, -0.05) is 102 Å². The van der Waals surface area contributed by atoms with Crippen LogP contribution in [0.25, 0.3) is 0 Å². The molecule has 4 nitrogen and oxygen atoms in total. The Morgan fingerprint density at radius 3 is 2.08 bits per heavy atom. The predicted molar refractivity (Wildman–Crippen MR) is 169 cm³/mol. The summed E-state index contributed by atoms with van der Waals surface area (Å²) in [6, 6.07) is 15.7. The number of nitrogens with one attached hydrogen (secondary N) is 1. The summed E-state index contributed by atoms with van der Waals surface area (Å²) in [4.78, 5) is 16.6. The number of carbonyl (C=O) groups is 1. The highest BCUT2D eigenvalue weighted by molar-refractivity contribution is 8.93. The number of unbranched alkanes of at least 4 members (excludes halogenated alkanes) is 11. The highest BCUT2D eigenvalue weighted by Gasteiger charge is 2.13. The van der Waals surface area contributed by atoms with Crippen molar-refractivity contribution in [2.24, 2.45) is 0 Å². The van der Waals surface area contributed by atoms with E-state index in [2.05, 4.69) is 42.4 Å². The first-order chi connectivity index (χ1) is 18.2. The number of halogens is 1. The zero-order valence-electron chi connectivity index (χ0n) is 23.4. The Labute approximate surface area is 245 Å². The Morgan fingerprint density at radius 1 is 0.868 bits per heavy atom. The third kappa shape index (κ3) is 12.3. The average molecular weight is 604 g/mol. The monoisotopic (exact) mass is 602 g/mol. The SMILES string of the molecule is Br.CCCCCCCCCCCCCCOc1ccccc1C(=O)Nc1ccc(CN2C=C(C)SC2)cc1. The Morgan fingerprint density at radius 2 is 1.47 bits per heavy atom. The number of allylic oxidation sites excluding steroid dienone is 1. The molecule has 1 aliphatic rings. The van der Waals surface area contributed by atoms with Crippen LogP contribution in [0.1, 0.15) is 107 Å². The first-order valence-corrected chi connectivity index (χ1v) is 15.3. The molecule has 2 aromatic rings. The van der Waals surface area contributed by atoms with Crippen molar-refractivity contribution in [2.45, 2.75) is 97.4 Å². The van der Waals surface area contributed by atoms with E-state index in [0.29, 0.717) is 17.9 Å². The van der Waals surface area contributed by atoms with Gasteiger partial charge in [-0.25, -0.2) is 0 Å². The molecule has 0 saturated heterocycles. The smallest absolute Gasteiger partial charge is 0.259 e. The van der Waals surface area contributed by atoms with Crippen molar-refractivity contribution in [2.75, 3.05) is 17.8 Å². The summed E-state index contributed by atoms with van der Waals surface area (Å²) in [5.41, 5.74) is 2.61. The van der Waals surface area contributed by atoms with Crippen LogP contribution in [-0.4, -0.2) is 23.3 Å². The van der Waals surface area contributed by atoms with E-state index in [1.165, 1.54) is 81.1 Å². The number of nitrogens with zero attached hydrogens (tertiary/aromatic N) is 1. The van der Waals surface area contributed by atoms with E-state index in [0.717, 1.165) is 24.5 Å². The van der Waals surface area contributed by atoms with Gasteiger partial charge in [0.1, 0.15) is 5.75 Å². The number of thioether (sulfide) groups is 1. The fraction of sp³-hybridized carbons (Fsp3) is 0.531. The topological polar surface area (TPSA) is 41.6 Å². The molecular formula is C32H47BrN2O2S. The molecule has 0 unspecified atom stereocenters. The van der Waals surface area contributed by atoms with Gasteiger partial charge in [-0.05, 0) is 48.1 Å². The lowest BCUT2D eigenvalue weighted by molar-refractivity contribution is 0.102. The summed E-state index contributed by atoms with van der Waals surface area (Å²) in [5.74, 6) is 1.53. The van der Waals surface area contributed by atoms with Gasteiger partial charge in [0, 0.05) is 18.4 Å². The van der Waals surface area contributed by atoms with Gasteiger partial charge in [0.15, 0.2) is 0 Å². The quantitative estimate of drug-likeness (QED) is 0.172. The highest BCUT2D eigenvalue weighted by atomic mass is 79.9. The van der Waals surface area contributed by atoms with Gasteiger partial charge in [-0.3, -0.25) is 4.79 Å². The van der Waals surface area contributed by atoms with E-state index < -0.39 is 0 Å². The number of anilines is 1. The second-order valence-corrected chi connectivity index (χ2v) is 11.3. The summed E-state index contributed by atoms with van der Waals surface area (Å²) >= 11 is 1.87. The van der Waals surface area contributed by atoms with E-state index in [1.807, 2.05) is 48.2 Å². The second-order valence-electron chi connectivity index (χ2n) is 10.1. The van der Waals surface area contributed by atoms with Crippen molar-refractivity contribution in [3.05, 3.63) is 70.8 Å². The molecule has 0 spiro atoms. The van der Waals surface area contributed by atoms with Gasteiger partial charge in [0.2, 0.25) is 0 Å². The van der Waals surface area contributed by atoms with Crippen LogP contribution in [0.2, 0.25) is 0 Å². The summed E-state index contributed by atoms with van der Waals surface area (Å²) in [6.45, 7) is 5.95. The summed E-state index contributed by atoms with van der Waals surface area (Å²) in [5, 5.41) is 3.03. The van der Waals surface area contributed by atoms with Crippen LogP contribution in [0, 0.1) is 0 Å². The normalized spacial score (nSPS) is 12.7.